The molecular formula is C10H8O3. The van der Waals surface area contributed by atoms with Gasteiger partial charge in [-0.15, -0.1) is 0 Å². The number of fused-ring (bicyclic) bond motifs is 1. The van der Waals surface area contributed by atoms with Crippen LogP contribution in [0.15, 0.2) is 18.2 Å². The molecule has 1 aromatic rings. The Morgan fingerprint density at radius 1 is 1.38 bits per heavy atom. The number of esters is 1. The molecule has 0 saturated heterocycles. The summed E-state index contributed by atoms with van der Waals surface area (Å²) in [6, 6.07) is 5.09. The van der Waals surface area contributed by atoms with Gasteiger partial charge in [-0.25, -0.2) is 4.79 Å². The monoisotopic (exact) mass is 176 g/mol. The van der Waals surface area contributed by atoms with Gasteiger partial charge in [0.2, 0.25) is 0 Å². The third-order valence-electron chi connectivity index (χ3n) is 2.09. The van der Waals surface area contributed by atoms with Crippen molar-refractivity contribution in [1.82, 2.24) is 0 Å². The van der Waals surface area contributed by atoms with Crippen molar-refractivity contribution in [1.29, 1.82) is 0 Å². The molecule has 1 heterocycles. The Hall–Kier alpha value is -1.64. The first-order valence-corrected chi connectivity index (χ1v) is 4.06. The van der Waals surface area contributed by atoms with Crippen molar-refractivity contribution in [2.45, 2.75) is 6.42 Å². The highest BCUT2D eigenvalue weighted by atomic mass is 16.5. The number of hydrogen-bond acceptors (Lipinski definition) is 3. The van der Waals surface area contributed by atoms with Crippen LogP contribution in [0, 0.1) is 0 Å². The molecule has 0 spiro atoms. The summed E-state index contributed by atoms with van der Waals surface area (Å²) in [5.74, 6) is -0.329. The molecule has 0 aliphatic carbocycles. The molecule has 1 aliphatic heterocycles. The molecule has 13 heavy (non-hydrogen) atoms. The molecule has 0 saturated carbocycles. The van der Waals surface area contributed by atoms with Crippen LogP contribution < -0.4 is 0 Å². The second-order valence-electron chi connectivity index (χ2n) is 2.92. The predicted octanol–water partition coefficient (Wildman–Crippen LogP) is 1.21. The summed E-state index contributed by atoms with van der Waals surface area (Å²) >= 11 is 0. The maximum atomic E-state index is 11.2. The topological polar surface area (TPSA) is 43.4 Å². The quantitative estimate of drug-likeness (QED) is 0.477. The fraction of sp³-hybridized carbons (Fsp3) is 0.200. The Kier molecular flexibility index (Phi) is 1.85. The molecular weight excluding hydrogens is 168 g/mol. The van der Waals surface area contributed by atoms with E-state index in [9.17, 15) is 9.59 Å². The second-order valence-corrected chi connectivity index (χ2v) is 2.92. The molecule has 3 nitrogen and oxygen atoms in total. The van der Waals surface area contributed by atoms with Gasteiger partial charge in [-0.1, -0.05) is 12.1 Å². The van der Waals surface area contributed by atoms with E-state index in [0.717, 1.165) is 18.3 Å². The van der Waals surface area contributed by atoms with Crippen LogP contribution >= 0.6 is 0 Å². The van der Waals surface area contributed by atoms with Gasteiger partial charge in [0.05, 0.1) is 12.2 Å². The van der Waals surface area contributed by atoms with Crippen molar-refractivity contribution in [2.24, 2.45) is 0 Å². The summed E-state index contributed by atoms with van der Waals surface area (Å²) in [6.45, 7) is 0.437. The van der Waals surface area contributed by atoms with Crippen LogP contribution in [0.25, 0.3) is 0 Å². The van der Waals surface area contributed by atoms with E-state index in [2.05, 4.69) is 0 Å². The van der Waals surface area contributed by atoms with Gasteiger partial charge in [0.25, 0.3) is 0 Å². The molecule has 1 aromatic carbocycles. The summed E-state index contributed by atoms with van der Waals surface area (Å²) in [6.07, 6.45) is 1.46. The van der Waals surface area contributed by atoms with Gasteiger partial charge in [0.15, 0.2) is 0 Å². The fourth-order valence-corrected chi connectivity index (χ4v) is 1.41. The van der Waals surface area contributed by atoms with Crippen molar-refractivity contribution in [3.05, 3.63) is 34.9 Å². The Bertz CT molecular complexity index is 368. The Morgan fingerprint density at radius 3 is 3.00 bits per heavy atom. The van der Waals surface area contributed by atoms with E-state index in [1.54, 1.807) is 18.2 Å². The van der Waals surface area contributed by atoms with Gasteiger partial charge in [-0.05, 0) is 11.6 Å². The van der Waals surface area contributed by atoms with Crippen molar-refractivity contribution >= 4 is 12.3 Å². The van der Waals surface area contributed by atoms with Gasteiger partial charge in [-0.2, -0.15) is 0 Å². The second kappa shape index (κ2) is 3.01. The maximum absolute atomic E-state index is 11.2. The lowest BCUT2D eigenvalue weighted by atomic mass is 10.0. The minimum Gasteiger partial charge on any atom is -0.462 e. The first-order valence-electron chi connectivity index (χ1n) is 4.06. The summed E-state index contributed by atoms with van der Waals surface area (Å²) in [4.78, 5) is 21.7. The number of carbonyl (C=O) groups excluding carboxylic acids is 2. The number of hydrogen-bond donors (Lipinski definition) is 0. The van der Waals surface area contributed by atoms with Crippen LogP contribution in [-0.4, -0.2) is 18.9 Å². The third-order valence-corrected chi connectivity index (χ3v) is 2.09. The van der Waals surface area contributed by atoms with Gasteiger partial charge in [-0.3, -0.25) is 4.79 Å². The summed E-state index contributed by atoms with van der Waals surface area (Å²) in [5, 5.41) is 0. The fourth-order valence-electron chi connectivity index (χ4n) is 1.41. The van der Waals surface area contributed by atoms with E-state index < -0.39 is 0 Å². The Morgan fingerprint density at radius 2 is 2.23 bits per heavy atom. The Labute approximate surface area is 75.3 Å². The largest absolute Gasteiger partial charge is 0.462 e. The highest BCUT2D eigenvalue weighted by Gasteiger charge is 2.18. The molecule has 0 amide bonds. The van der Waals surface area contributed by atoms with Gasteiger partial charge < -0.3 is 4.74 Å². The van der Waals surface area contributed by atoms with E-state index in [-0.39, 0.29) is 5.97 Å². The SMILES string of the molecule is O=Cc1ccc2c(c1)C(=O)OCC2. The number of carbonyl (C=O) groups is 2. The summed E-state index contributed by atoms with van der Waals surface area (Å²) in [5.41, 5.74) is 2.00. The number of cyclic esters (lactones) is 1. The molecule has 0 bridgehead atoms. The maximum Gasteiger partial charge on any atom is 0.338 e. The van der Waals surface area contributed by atoms with Crippen LogP contribution in [0.3, 0.4) is 0 Å². The van der Waals surface area contributed by atoms with E-state index >= 15 is 0 Å². The molecule has 3 heteroatoms. The van der Waals surface area contributed by atoms with E-state index in [1.165, 1.54) is 0 Å². The van der Waals surface area contributed by atoms with Gasteiger partial charge in [0, 0.05) is 12.0 Å². The predicted molar refractivity (Wildman–Crippen MR) is 45.8 cm³/mol. The lowest BCUT2D eigenvalue weighted by molar-refractivity contribution is 0.0480. The highest BCUT2D eigenvalue weighted by molar-refractivity contribution is 5.94. The minimum absolute atomic E-state index is 0.329. The van der Waals surface area contributed by atoms with Crippen molar-refractivity contribution < 1.29 is 14.3 Å². The standard InChI is InChI=1S/C10H8O3/c11-6-7-1-2-8-3-4-13-10(12)9(8)5-7/h1-2,5-6H,3-4H2. The normalized spacial score (nSPS) is 14.6. The average Bonchev–Trinajstić information content (AvgIpc) is 2.18. The molecule has 0 fully saturated rings. The van der Waals surface area contributed by atoms with E-state index in [4.69, 9.17) is 4.74 Å². The average molecular weight is 176 g/mol. The van der Waals surface area contributed by atoms with E-state index in [1.807, 2.05) is 0 Å². The van der Waals surface area contributed by atoms with Gasteiger partial charge >= 0.3 is 5.97 Å². The molecule has 0 aromatic heterocycles. The molecule has 0 N–H and O–H groups in total. The minimum atomic E-state index is -0.329. The molecule has 2 rings (SSSR count). The van der Waals surface area contributed by atoms with Crippen LogP contribution in [0.1, 0.15) is 26.3 Å². The van der Waals surface area contributed by atoms with Crippen molar-refractivity contribution in [2.75, 3.05) is 6.61 Å². The molecule has 0 atom stereocenters. The highest BCUT2D eigenvalue weighted by Crippen LogP contribution is 2.17. The zero-order chi connectivity index (χ0) is 9.26. The molecule has 66 valence electrons. The number of rotatable bonds is 1. The number of benzene rings is 1. The zero-order valence-corrected chi connectivity index (χ0v) is 6.95. The lowest BCUT2D eigenvalue weighted by Crippen LogP contribution is -2.17. The van der Waals surface area contributed by atoms with Crippen LogP contribution in [0.4, 0.5) is 0 Å². The number of aldehydes is 1. The first-order chi connectivity index (χ1) is 6.31. The molecule has 0 radical (unpaired) electrons. The first kappa shape index (κ1) is 7.98. The van der Waals surface area contributed by atoms with Crippen molar-refractivity contribution in [3.8, 4) is 0 Å². The summed E-state index contributed by atoms with van der Waals surface area (Å²) < 4.78 is 4.85. The van der Waals surface area contributed by atoms with Crippen LogP contribution in [0.5, 0.6) is 0 Å². The smallest absolute Gasteiger partial charge is 0.338 e. The van der Waals surface area contributed by atoms with Crippen molar-refractivity contribution in [3.63, 3.8) is 0 Å². The number of ether oxygens (including phenoxy) is 1. The lowest BCUT2D eigenvalue weighted by Gasteiger charge is -2.15. The summed E-state index contributed by atoms with van der Waals surface area (Å²) in [7, 11) is 0. The van der Waals surface area contributed by atoms with E-state index in [0.29, 0.717) is 17.7 Å². The molecule has 1 aliphatic rings. The molecule has 0 unspecified atom stereocenters. The Balaban J connectivity index is 2.53. The van der Waals surface area contributed by atoms with Gasteiger partial charge in [0.1, 0.15) is 6.29 Å². The van der Waals surface area contributed by atoms with Crippen LogP contribution in [-0.2, 0) is 11.2 Å². The van der Waals surface area contributed by atoms with Crippen LogP contribution in [0.2, 0.25) is 0 Å². The zero-order valence-electron chi connectivity index (χ0n) is 6.95. The third kappa shape index (κ3) is 1.33.